The lowest BCUT2D eigenvalue weighted by atomic mass is 10.0. The molecule has 0 amide bonds. The van der Waals surface area contributed by atoms with E-state index < -0.39 is 0 Å². The number of aromatic nitrogens is 4. The van der Waals surface area contributed by atoms with Crippen LogP contribution in [0.1, 0.15) is 0 Å². The molecular weight excluding hydrogens is 789 g/mol. The average molecular weight is 821 g/mol. The van der Waals surface area contributed by atoms with Crippen LogP contribution in [0.5, 0.6) is 0 Å². The Hall–Kier alpha value is -8.19. The summed E-state index contributed by atoms with van der Waals surface area (Å²) in [6, 6.07) is 69.1. The normalized spacial score (nSPS) is 12.1. The van der Waals surface area contributed by atoms with E-state index >= 15 is 0 Å². The van der Waals surface area contributed by atoms with E-state index in [0.29, 0.717) is 17.5 Å². The lowest BCUT2D eigenvalue weighted by Gasteiger charge is -2.14. The summed E-state index contributed by atoms with van der Waals surface area (Å²) < 4.78 is 11.7. The highest BCUT2D eigenvalue weighted by Gasteiger charge is 2.23. The van der Waals surface area contributed by atoms with Crippen LogP contribution < -0.4 is 0 Å². The summed E-state index contributed by atoms with van der Waals surface area (Å²) in [7, 11) is 0. The molecule has 14 aromatic rings. The van der Waals surface area contributed by atoms with Crippen LogP contribution in [0.25, 0.3) is 136 Å². The van der Waals surface area contributed by atoms with Crippen LogP contribution in [0.15, 0.2) is 199 Å². The van der Waals surface area contributed by atoms with E-state index in [1.807, 2.05) is 23.5 Å². The van der Waals surface area contributed by atoms with Crippen molar-refractivity contribution < 1.29 is 4.42 Å². The third-order valence-electron chi connectivity index (χ3n) is 12.8. The molecule has 0 saturated heterocycles. The Balaban J connectivity index is 1.10. The van der Waals surface area contributed by atoms with Gasteiger partial charge in [0.2, 0.25) is 0 Å². The number of hydrogen-bond acceptors (Lipinski definition) is 5. The van der Waals surface area contributed by atoms with Crippen LogP contribution in [0.2, 0.25) is 0 Å². The monoisotopic (exact) mass is 820 g/mol. The van der Waals surface area contributed by atoms with E-state index in [1.165, 1.54) is 52.5 Å². The van der Waals surface area contributed by atoms with Crippen molar-refractivity contribution in [3.05, 3.63) is 194 Å². The molecular formula is C57H32N4OS. The molecule has 0 saturated carbocycles. The molecule has 0 aliphatic heterocycles. The molecule has 0 unspecified atom stereocenters. The maximum atomic E-state index is 6.80. The van der Waals surface area contributed by atoms with Gasteiger partial charge in [-0.2, -0.15) is 0 Å². The molecule has 0 aliphatic rings. The van der Waals surface area contributed by atoms with Crippen LogP contribution in [-0.4, -0.2) is 19.5 Å². The highest BCUT2D eigenvalue weighted by molar-refractivity contribution is 7.25. The smallest absolute Gasteiger partial charge is 0.164 e. The molecule has 4 heterocycles. The van der Waals surface area contributed by atoms with Crippen molar-refractivity contribution >= 4 is 108 Å². The minimum Gasteiger partial charge on any atom is -0.456 e. The van der Waals surface area contributed by atoms with E-state index in [-0.39, 0.29) is 0 Å². The number of thiophene rings is 1. The molecule has 292 valence electrons. The van der Waals surface area contributed by atoms with Gasteiger partial charge in [0.25, 0.3) is 0 Å². The fraction of sp³-hybridized carbons (Fsp3) is 0. The Morgan fingerprint density at radius 2 is 1.02 bits per heavy atom. The number of rotatable bonds is 4. The summed E-state index contributed by atoms with van der Waals surface area (Å²) in [5.41, 5.74) is 7.52. The summed E-state index contributed by atoms with van der Waals surface area (Å²) in [5, 5.41) is 13.8. The van der Waals surface area contributed by atoms with Crippen LogP contribution in [0.4, 0.5) is 0 Å². The maximum Gasteiger partial charge on any atom is 0.164 e. The first-order valence-electron chi connectivity index (χ1n) is 21.2. The second-order valence-electron chi connectivity index (χ2n) is 16.3. The van der Waals surface area contributed by atoms with Crippen molar-refractivity contribution in [3.63, 3.8) is 0 Å². The van der Waals surface area contributed by atoms with Gasteiger partial charge in [-0.15, -0.1) is 11.3 Å². The summed E-state index contributed by atoms with van der Waals surface area (Å²) in [4.78, 5) is 16.2. The van der Waals surface area contributed by atoms with Gasteiger partial charge in [0.15, 0.2) is 17.5 Å². The lowest BCUT2D eigenvalue weighted by Crippen LogP contribution is -2.02. The van der Waals surface area contributed by atoms with Crippen LogP contribution in [0, 0.1) is 0 Å². The predicted octanol–water partition coefficient (Wildman–Crippen LogP) is 15.7. The number of benzene rings is 10. The molecule has 0 spiro atoms. The standard InChI is InChI=1S/C57H32N4OS/c1-2-15-36-30-48-45(28-35(36)14-1)53-40-18-6-4-13-34(40)24-26-47(53)61(48)38-31-46(54-43-20-7-9-22-49(43)62-50(54)32-38)57-59-55(37-25-27-52-44(29-37)41-19-8-10-23-51(41)63-52)58-56(60-57)42-21-11-16-33-12-3-5-17-39(33)42/h1-32H. The van der Waals surface area contributed by atoms with Crippen LogP contribution >= 0.6 is 11.3 Å². The number of furan rings is 1. The summed E-state index contributed by atoms with van der Waals surface area (Å²) in [5.74, 6) is 1.80. The minimum atomic E-state index is 0.577. The Morgan fingerprint density at radius 1 is 0.365 bits per heavy atom. The average Bonchev–Trinajstić information content (AvgIpc) is 4.01. The van der Waals surface area contributed by atoms with E-state index in [4.69, 9.17) is 19.4 Å². The van der Waals surface area contributed by atoms with E-state index in [0.717, 1.165) is 66.1 Å². The highest BCUT2D eigenvalue weighted by atomic mass is 32.1. The van der Waals surface area contributed by atoms with Gasteiger partial charge in [-0.05, 0) is 86.9 Å². The molecule has 0 bridgehead atoms. The Morgan fingerprint density at radius 3 is 1.87 bits per heavy atom. The molecule has 6 heteroatoms. The molecule has 14 rings (SSSR count). The van der Waals surface area contributed by atoms with Crippen molar-refractivity contribution in [2.24, 2.45) is 0 Å². The number of fused-ring (bicyclic) bond motifs is 13. The first kappa shape index (κ1) is 34.5. The Bertz CT molecular complexity index is 4230. The van der Waals surface area contributed by atoms with Gasteiger partial charge in [0, 0.05) is 64.5 Å². The molecule has 5 nitrogen and oxygen atoms in total. The molecule has 0 fully saturated rings. The van der Waals surface area contributed by atoms with Crippen molar-refractivity contribution in [3.8, 4) is 39.9 Å². The maximum absolute atomic E-state index is 6.80. The van der Waals surface area contributed by atoms with Crippen molar-refractivity contribution in [2.75, 3.05) is 0 Å². The molecule has 0 aliphatic carbocycles. The van der Waals surface area contributed by atoms with Gasteiger partial charge in [-0.25, -0.2) is 15.0 Å². The third-order valence-corrected chi connectivity index (χ3v) is 13.9. The second kappa shape index (κ2) is 13.2. The van der Waals surface area contributed by atoms with Gasteiger partial charge in [-0.1, -0.05) is 133 Å². The quantitative estimate of drug-likeness (QED) is 0.177. The van der Waals surface area contributed by atoms with Gasteiger partial charge >= 0.3 is 0 Å². The van der Waals surface area contributed by atoms with E-state index in [2.05, 4.69) is 187 Å². The van der Waals surface area contributed by atoms with Crippen molar-refractivity contribution in [1.82, 2.24) is 19.5 Å². The zero-order valence-corrected chi connectivity index (χ0v) is 34.4. The van der Waals surface area contributed by atoms with Crippen LogP contribution in [0.3, 0.4) is 0 Å². The van der Waals surface area contributed by atoms with Gasteiger partial charge in [0.1, 0.15) is 11.2 Å². The third kappa shape index (κ3) is 5.19. The minimum absolute atomic E-state index is 0.577. The summed E-state index contributed by atoms with van der Waals surface area (Å²) in [6.07, 6.45) is 0. The number of nitrogens with zero attached hydrogens (tertiary/aromatic N) is 4. The second-order valence-corrected chi connectivity index (χ2v) is 17.4. The van der Waals surface area contributed by atoms with Gasteiger partial charge < -0.3 is 8.98 Å². The Labute approximate surface area is 363 Å². The zero-order chi connectivity index (χ0) is 41.2. The van der Waals surface area contributed by atoms with Crippen molar-refractivity contribution in [2.45, 2.75) is 0 Å². The number of para-hydroxylation sites is 1. The van der Waals surface area contributed by atoms with E-state index in [1.54, 1.807) is 0 Å². The first-order chi connectivity index (χ1) is 31.2. The van der Waals surface area contributed by atoms with Gasteiger partial charge in [0.05, 0.1) is 16.7 Å². The topological polar surface area (TPSA) is 56.7 Å². The van der Waals surface area contributed by atoms with E-state index in [9.17, 15) is 0 Å². The predicted molar refractivity (Wildman–Crippen MR) is 263 cm³/mol. The SMILES string of the molecule is c1ccc2cc3c(cc2c1)c1c2ccccc2ccc1n3-c1cc(-c2nc(-c3ccc4sc5ccccc5c4c3)nc(-c3cccc4ccccc34)n2)c2c(c1)oc1ccccc12. The fourth-order valence-corrected chi connectivity index (χ4v) is 11.0. The Kier molecular flexibility index (Phi) is 7.21. The number of hydrogen-bond donors (Lipinski definition) is 0. The zero-order valence-electron chi connectivity index (χ0n) is 33.6. The summed E-state index contributed by atoms with van der Waals surface area (Å²) in [6.45, 7) is 0. The largest absolute Gasteiger partial charge is 0.456 e. The molecule has 0 radical (unpaired) electrons. The molecule has 10 aromatic carbocycles. The fourth-order valence-electron chi connectivity index (χ4n) is 9.93. The highest BCUT2D eigenvalue weighted by Crippen LogP contribution is 2.44. The first-order valence-corrected chi connectivity index (χ1v) is 22.0. The molecule has 63 heavy (non-hydrogen) atoms. The van der Waals surface area contributed by atoms with Gasteiger partial charge in [-0.3, -0.25) is 0 Å². The van der Waals surface area contributed by atoms with Crippen LogP contribution in [-0.2, 0) is 0 Å². The molecule has 0 N–H and O–H groups in total. The van der Waals surface area contributed by atoms with Crippen molar-refractivity contribution in [1.29, 1.82) is 0 Å². The lowest BCUT2D eigenvalue weighted by molar-refractivity contribution is 0.668. The molecule has 0 atom stereocenters. The summed E-state index contributed by atoms with van der Waals surface area (Å²) >= 11 is 1.81. The molecule has 4 aromatic heterocycles.